The van der Waals surface area contributed by atoms with Crippen LogP contribution in [-0.2, 0) is 11.3 Å². The van der Waals surface area contributed by atoms with E-state index in [-0.39, 0.29) is 5.56 Å². The molecule has 4 nitrogen and oxygen atoms in total. The van der Waals surface area contributed by atoms with Crippen LogP contribution < -0.4 is 5.56 Å². The average molecular weight is 343 g/mol. The number of halogens is 1. The number of hydrogen-bond donors (Lipinski definition) is 1. The highest BCUT2D eigenvalue weighted by Crippen LogP contribution is 2.15. The number of nitrogens with one attached hydrogen (secondary N) is 1. The van der Waals surface area contributed by atoms with Crippen LogP contribution in [0.2, 0.25) is 0 Å². The van der Waals surface area contributed by atoms with Crippen molar-refractivity contribution >= 4 is 39.1 Å². The maximum absolute atomic E-state index is 12.4. The molecule has 102 valence electrons. The molecule has 19 heavy (non-hydrogen) atoms. The summed E-state index contributed by atoms with van der Waals surface area (Å²) in [6.45, 7) is 3.84. The molecule has 1 aromatic heterocycles. The minimum absolute atomic E-state index is 0.0588. The molecule has 0 aliphatic rings. The van der Waals surface area contributed by atoms with Gasteiger partial charge < -0.3 is 9.72 Å². The largest absolute Gasteiger partial charge is 0.382 e. The zero-order chi connectivity index (χ0) is 13.8. The summed E-state index contributed by atoms with van der Waals surface area (Å²) < 4.78 is 8.19. The topological polar surface area (TPSA) is 47.0 Å². The van der Waals surface area contributed by atoms with Crippen molar-refractivity contribution in [1.29, 1.82) is 0 Å². The van der Waals surface area contributed by atoms with Gasteiger partial charge in [-0.05, 0) is 43.8 Å². The van der Waals surface area contributed by atoms with Crippen LogP contribution >= 0.6 is 28.1 Å². The fourth-order valence-corrected chi connectivity index (χ4v) is 2.54. The lowest BCUT2D eigenvalue weighted by Gasteiger charge is -2.08. The minimum atomic E-state index is -0.0588. The number of aromatic nitrogens is 2. The first-order valence-corrected chi connectivity index (χ1v) is 7.33. The third-order valence-corrected chi connectivity index (χ3v) is 3.63. The Kier molecular flexibility index (Phi) is 4.90. The Morgan fingerprint density at radius 1 is 1.47 bits per heavy atom. The SMILES string of the molecule is CCOCCCn1c(=S)[nH]c2ccc(Br)cc2c1=O. The number of nitrogens with zero attached hydrogens (tertiary/aromatic N) is 1. The number of H-pyrrole nitrogens is 1. The van der Waals surface area contributed by atoms with E-state index in [1.807, 2.05) is 25.1 Å². The van der Waals surface area contributed by atoms with Crippen LogP contribution in [0.25, 0.3) is 10.9 Å². The Balaban J connectivity index is 2.38. The van der Waals surface area contributed by atoms with Crippen LogP contribution in [-0.4, -0.2) is 22.8 Å². The summed E-state index contributed by atoms with van der Waals surface area (Å²) in [6, 6.07) is 5.54. The fraction of sp³-hybridized carbons (Fsp3) is 0.385. The molecule has 0 amide bonds. The van der Waals surface area contributed by atoms with Gasteiger partial charge in [-0.15, -0.1) is 0 Å². The maximum atomic E-state index is 12.4. The molecule has 0 atom stereocenters. The zero-order valence-electron chi connectivity index (χ0n) is 10.6. The van der Waals surface area contributed by atoms with Crippen LogP contribution in [0.3, 0.4) is 0 Å². The summed E-state index contributed by atoms with van der Waals surface area (Å²) >= 11 is 8.61. The lowest BCUT2D eigenvalue weighted by Crippen LogP contribution is -2.23. The van der Waals surface area contributed by atoms with Gasteiger partial charge in [0, 0.05) is 24.2 Å². The Labute approximate surface area is 124 Å². The molecule has 0 aliphatic carbocycles. The highest BCUT2D eigenvalue weighted by Gasteiger charge is 2.05. The Morgan fingerprint density at radius 2 is 2.26 bits per heavy atom. The van der Waals surface area contributed by atoms with Crippen LogP contribution in [0.4, 0.5) is 0 Å². The molecule has 0 spiro atoms. The molecule has 0 saturated carbocycles. The fourth-order valence-electron chi connectivity index (χ4n) is 1.89. The van der Waals surface area contributed by atoms with Crippen molar-refractivity contribution in [2.45, 2.75) is 19.9 Å². The van der Waals surface area contributed by atoms with Crippen molar-refractivity contribution in [2.24, 2.45) is 0 Å². The van der Waals surface area contributed by atoms with Gasteiger partial charge in [-0.25, -0.2) is 0 Å². The van der Waals surface area contributed by atoms with Crippen molar-refractivity contribution in [2.75, 3.05) is 13.2 Å². The quantitative estimate of drug-likeness (QED) is 0.670. The van der Waals surface area contributed by atoms with Crippen molar-refractivity contribution < 1.29 is 4.74 Å². The van der Waals surface area contributed by atoms with E-state index in [4.69, 9.17) is 17.0 Å². The molecule has 1 aromatic carbocycles. The molecule has 0 fully saturated rings. The van der Waals surface area contributed by atoms with Crippen LogP contribution in [0, 0.1) is 4.77 Å². The van der Waals surface area contributed by atoms with E-state index in [9.17, 15) is 4.79 Å². The molecule has 0 bridgehead atoms. The lowest BCUT2D eigenvalue weighted by atomic mass is 10.2. The van der Waals surface area contributed by atoms with Gasteiger partial charge in [-0.2, -0.15) is 0 Å². The zero-order valence-corrected chi connectivity index (χ0v) is 13.0. The summed E-state index contributed by atoms with van der Waals surface area (Å²) in [5.74, 6) is 0. The standard InChI is InChI=1S/C13H15BrN2O2S/c1-2-18-7-3-6-16-12(17)10-8-9(14)4-5-11(10)15-13(16)19/h4-5,8H,2-3,6-7H2,1H3,(H,15,19). The molecule has 1 heterocycles. The third-order valence-electron chi connectivity index (χ3n) is 2.82. The highest BCUT2D eigenvalue weighted by atomic mass is 79.9. The first-order chi connectivity index (χ1) is 9.13. The molecular formula is C13H15BrN2O2S. The van der Waals surface area contributed by atoms with E-state index < -0.39 is 0 Å². The smallest absolute Gasteiger partial charge is 0.262 e. The Hall–Kier alpha value is -0.980. The second kappa shape index (κ2) is 6.45. The molecule has 0 unspecified atom stereocenters. The number of fused-ring (bicyclic) bond motifs is 1. The van der Waals surface area contributed by atoms with E-state index in [0.29, 0.717) is 29.9 Å². The lowest BCUT2D eigenvalue weighted by molar-refractivity contribution is 0.141. The summed E-state index contributed by atoms with van der Waals surface area (Å²) in [4.78, 5) is 15.5. The van der Waals surface area contributed by atoms with Gasteiger partial charge in [0.25, 0.3) is 5.56 Å². The summed E-state index contributed by atoms with van der Waals surface area (Å²) in [5, 5.41) is 0.638. The number of hydrogen-bond acceptors (Lipinski definition) is 3. The minimum Gasteiger partial charge on any atom is -0.382 e. The van der Waals surface area contributed by atoms with E-state index in [1.54, 1.807) is 4.57 Å². The highest BCUT2D eigenvalue weighted by molar-refractivity contribution is 9.10. The van der Waals surface area contributed by atoms with Crippen molar-refractivity contribution in [3.63, 3.8) is 0 Å². The number of rotatable bonds is 5. The van der Waals surface area contributed by atoms with E-state index in [1.165, 1.54) is 0 Å². The van der Waals surface area contributed by atoms with E-state index in [2.05, 4.69) is 20.9 Å². The van der Waals surface area contributed by atoms with Gasteiger partial charge in [0.15, 0.2) is 4.77 Å². The molecule has 6 heteroatoms. The number of benzene rings is 1. The summed E-state index contributed by atoms with van der Waals surface area (Å²) in [5.41, 5.74) is 0.704. The maximum Gasteiger partial charge on any atom is 0.262 e. The van der Waals surface area contributed by atoms with Gasteiger partial charge >= 0.3 is 0 Å². The first kappa shape index (κ1) is 14.4. The van der Waals surface area contributed by atoms with Crippen LogP contribution in [0.1, 0.15) is 13.3 Å². The molecule has 0 aliphatic heterocycles. The molecule has 2 aromatic rings. The van der Waals surface area contributed by atoms with E-state index >= 15 is 0 Å². The average Bonchev–Trinajstić information content (AvgIpc) is 2.39. The second-order valence-corrected chi connectivity index (χ2v) is 5.43. The summed E-state index contributed by atoms with van der Waals surface area (Å²) in [7, 11) is 0. The third kappa shape index (κ3) is 3.32. The van der Waals surface area contributed by atoms with Gasteiger partial charge in [-0.1, -0.05) is 15.9 Å². The Bertz CT molecular complexity index is 693. The molecule has 0 saturated heterocycles. The molecule has 2 rings (SSSR count). The van der Waals surface area contributed by atoms with Gasteiger partial charge in [0.05, 0.1) is 10.9 Å². The monoisotopic (exact) mass is 342 g/mol. The van der Waals surface area contributed by atoms with Crippen LogP contribution in [0.5, 0.6) is 0 Å². The van der Waals surface area contributed by atoms with Crippen molar-refractivity contribution in [1.82, 2.24) is 9.55 Å². The van der Waals surface area contributed by atoms with Gasteiger partial charge in [0.2, 0.25) is 0 Å². The van der Waals surface area contributed by atoms with Crippen LogP contribution in [0.15, 0.2) is 27.5 Å². The number of aromatic amines is 1. The van der Waals surface area contributed by atoms with E-state index in [0.717, 1.165) is 16.4 Å². The second-order valence-electron chi connectivity index (χ2n) is 4.13. The predicted octanol–water partition coefficient (Wildman–Crippen LogP) is 3.25. The first-order valence-electron chi connectivity index (χ1n) is 6.13. The van der Waals surface area contributed by atoms with Gasteiger partial charge in [0.1, 0.15) is 0 Å². The number of ether oxygens (including phenoxy) is 1. The molecule has 0 radical (unpaired) electrons. The van der Waals surface area contributed by atoms with Crippen molar-refractivity contribution in [3.05, 3.63) is 37.8 Å². The predicted molar refractivity (Wildman–Crippen MR) is 82.2 cm³/mol. The molecular weight excluding hydrogens is 328 g/mol. The summed E-state index contributed by atoms with van der Waals surface area (Å²) in [6.07, 6.45) is 0.769. The molecule has 1 N–H and O–H groups in total. The van der Waals surface area contributed by atoms with Gasteiger partial charge in [-0.3, -0.25) is 9.36 Å². The van der Waals surface area contributed by atoms with Crippen molar-refractivity contribution in [3.8, 4) is 0 Å². The Morgan fingerprint density at radius 3 is 3.00 bits per heavy atom. The normalized spacial score (nSPS) is 11.1.